The SMILES string of the molecule is CC/C=C\CCOc1ccccc1C. The lowest BCUT2D eigenvalue weighted by molar-refractivity contribution is 0.322. The van der Waals surface area contributed by atoms with Gasteiger partial charge in [0.15, 0.2) is 0 Å². The fourth-order valence-corrected chi connectivity index (χ4v) is 1.24. The molecule has 0 atom stereocenters. The molecule has 0 unspecified atom stereocenters. The van der Waals surface area contributed by atoms with Gasteiger partial charge in [-0.3, -0.25) is 0 Å². The van der Waals surface area contributed by atoms with Gasteiger partial charge < -0.3 is 4.74 Å². The second kappa shape index (κ2) is 6.25. The maximum atomic E-state index is 5.63. The summed E-state index contributed by atoms with van der Waals surface area (Å²) in [5.41, 5.74) is 1.20. The molecule has 1 heteroatoms. The summed E-state index contributed by atoms with van der Waals surface area (Å²) in [6, 6.07) is 8.11. The van der Waals surface area contributed by atoms with E-state index in [-0.39, 0.29) is 0 Å². The van der Waals surface area contributed by atoms with Gasteiger partial charge in [-0.15, -0.1) is 0 Å². The molecule has 0 saturated carbocycles. The van der Waals surface area contributed by atoms with E-state index in [2.05, 4.69) is 32.1 Å². The Labute approximate surface area is 86.4 Å². The van der Waals surface area contributed by atoms with Crippen LogP contribution in [0.25, 0.3) is 0 Å². The van der Waals surface area contributed by atoms with E-state index < -0.39 is 0 Å². The first-order chi connectivity index (χ1) is 6.84. The Kier molecular flexibility index (Phi) is 4.84. The fraction of sp³-hybridized carbons (Fsp3) is 0.385. The predicted octanol–water partition coefficient (Wildman–Crippen LogP) is 3.73. The largest absolute Gasteiger partial charge is 0.493 e. The minimum Gasteiger partial charge on any atom is -0.493 e. The lowest BCUT2D eigenvalue weighted by Crippen LogP contribution is -1.96. The number of para-hydroxylation sites is 1. The lowest BCUT2D eigenvalue weighted by Gasteiger charge is -2.06. The van der Waals surface area contributed by atoms with E-state index in [4.69, 9.17) is 4.74 Å². The third kappa shape index (κ3) is 3.65. The molecule has 1 aromatic rings. The van der Waals surface area contributed by atoms with Crippen LogP contribution in [0.1, 0.15) is 25.3 Å². The molecule has 0 aliphatic carbocycles. The molecule has 0 aromatic heterocycles. The number of ether oxygens (including phenoxy) is 1. The van der Waals surface area contributed by atoms with Gasteiger partial charge in [0.05, 0.1) is 6.61 Å². The van der Waals surface area contributed by atoms with E-state index in [1.165, 1.54) is 5.56 Å². The second-order valence-corrected chi connectivity index (χ2v) is 3.28. The van der Waals surface area contributed by atoms with E-state index >= 15 is 0 Å². The molecule has 0 bridgehead atoms. The van der Waals surface area contributed by atoms with Crippen molar-refractivity contribution in [3.05, 3.63) is 42.0 Å². The molecule has 1 aromatic carbocycles. The minimum absolute atomic E-state index is 0.765. The third-order valence-electron chi connectivity index (χ3n) is 2.04. The highest BCUT2D eigenvalue weighted by molar-refractivity contribution is 5.31. The average Bonchev–Trinajstić information content (AvgIpc) is 2.20. The molecular weight excluding hydrogens is 172 g/mol. The summed E-state index contributed by atoms with van der Waals surface area (Å²) in [6.45, 7) is 4.97. The molecule has 0 aliphatic rings. The number of hydrogen-bond acceptors (Lipinski definition) is 1. The van der Waals surface area contributed by atoms with Crippen molar-refractivity contribution in [1.82, 2.24) is 0 Å². The Morgan fingerprint density at radius 2 is 2.00 bits per heavy atom. The molecule has 14 heavy (non-hydrogen) atoms. The highest BCUT2D eigenvalue weighted by Crippen LogP contribution is 2.16. The second-order valence-electron chi connectivity index (χ2n) is 3.28. The first-order valence-corrected chi connectivity index (χ1v) is 5.18. The monoisotopic (exact) mass is 190 g/mol. The zero-order valence-corrected chi connectivity index (χ0v) is 8.99. The Morgan fingerprint density at radius 1 is 1.21 bits per heavy atom. The van der Waals surface area contributed by atoms with Crippen molar-refractivity contribution >= 4 is 0 Å². The molecule has 0 N–H and O–H groups in total. The Balaban J connectivity index is 2.31. The first-order valence-electron chi connectivity index (χ1n) is 5.18. The predicted molar refractivity (Wildman–Crippen MR) is 60.7 cm³/mol. The first kappa shape index (κ1) is 10.8. The van der Waals surface area contributed by atoms with Crippen LogP contribution in [0.3, 0.4) is 0 Å². The van der Waals surface area contributed by atoms with Crippen LogP contribution in [0.5, 0.6) is 5.75 Å². The van der Waals surface area contributed by atoms with Gasteiger partial charge in [0.25, 0.3) is 0 Å². The maximum Gasteiger partial charge on any atom is 0.122 e. The molecule has 1 rings (SSSR count). The number of rotatable bonds is 5. The van der Waals surface area contributed by atoms with Crippen molar-refractivity contribution in [3.8, 4) is 5.75 Å². The maximum absolute atomic E-state index is 5.63. The van der Waals surface area contributed by atoms with E-state index in [0.29, 0.717) is 0 Å². The summed E-state index contributed by atoms with van der Waals surface area (Å²) >= 11 is 0. The molecule has 1 nitrogen and oxygen atoms in total. The van der Waals surface area contributed by atoms with Gasteiger partial charge in [-0.25, -0.2) is 0 Å². The van der Waals surface area contributed by atoms with Crippen LogP contribution in [0, 0.1) is 6.92 Å². The number of aryl methyl sites for hydroxylation is 1. The van der Waals surface area contributed by atoms with Gasteiger partial charge in [-0.1, -0.05) is 37.3 Å². The number of hydrogen-bond donors (Lipinski definition) is 0. The quantitative estimate of drug-likeness (QED) is 0.508. The van der Waals surface area contributed by atoms with E-state index in [1.807, 2.05) is 18.2 Å². The molecule has 0 amide bonds. The zero-order chi connectivity index (χ0) is 10.2. The van der Waals surface area contributed by atoms with E-state index in [1.54, 1.807) is 0 Å². The van der Waals surface area contributed by atoms with Crippen LogP contribution in [-0.2, 0) is 0 Å². The van der Waals surface area contributed by atoms with Crippen molar-refractivity contribution in [1.29, 1.82) is 0 Å². The molecule has 0 aliphatic heterocycles. The molecular formula is C13H18O. The number of allylic oxidation sites excluding steroid dienone is 1. The van der Waals surface area contributed by atoms with Crippen LogP contribution in [0.4, 0.5) is 0 Å². The summed E-state index contributed by atoms with van der Waals surface area (Å²) in [6.07, 6.45) is 6.42. The van der Waals surface area contributed by atoms with Gasteiger partial charge in [0.2, 0.25) is 0 Å². The molecule has 0 fully saturated rings. The van der Waals surface area contributed by atoms with Crippen molar-refractivity contribution in [2.24, 2.45) is 0 Å². The van der Waals surface area contributed by atoms with Crippen LogP contribution in [0.2, 0.25) is 0 Å². The molecule has 76 valence electrons. The van der Waals surface area contributed by atoms with Gasteiger partial charge in [0.1, 0.15) is 5.75 Å². The van der Waals surface area contributed by atoms with Crippen molar-refractivity contribution in [3.63, 3.8) is 0 Å². The smallest absolute Gasteiger partial charge is 0.122 e. The molecule has 0 spiro atoms. The molecule has 0 heterocycles. The number of benzene rings is 1. The Morgan fingerprint density at radius 3 is 2.71 bits per heavy atom. The third-order valence-corrected chi connectivity index (χ3v) is 2.04. The van der Waals surface area contributed by atoms with Gasteiger partial charge >= 0.3 is 0 Å². The van der Waals surface area contributed by atoms with Crippen LogP contribution in [0.15, 0.2) is 36.4 Å². The Hall–Kier alpha value is -1.24. The molecule has 0 radical (unpaired) electrons. The minimum atomic E-state index is 0.765. The standard InChI is InChI=1S/C13H18O/c1-3-4-5-8-11-14-13-10-7-6-9-12(13)2/h4-7,9-10H,3,8,11H2,1-2H3/b5-4-. The van der Waals surface area contributed by atoms with Crippen molar-refractivity contribution in [2.75, 3.05) is 6.61 Å². The summed E-state index contributed by atoms with van der Waals surface area (Å²) in [7, 11) is 0. The average molecular weight is 190 g/mol. The van der Waals surface area contributed by atoms with Crippen LogP contribution >= 0.6 is 0 Å². The van der Waals surface area contributed by atoms with Gasteiger partial charge in [-0.2, -0.15) is 0 Å². The summed E-state index contributed by atoms with van der Waals surface area (Å²) < 4.78 is 5.63. The van der Waals surface area contributed by atoms with Gasteiger partial charge in [0, 0.05) is 0 Å². The van der Waals surface area contributed by atoms with E-state index in [9.17, 15) is 0 Å². The van der Waals surface area contributed by atoms with Crippen LogP contribution in [-0.4, -0.2) is 6.61 Å². The summed E-state index contributed by atoms with van der Waals surface area (Å²) in [4.78, 5) is 0. The highest BCUT2D eigenvalue weighted by atomic mass is 16.5. The molecule has 0 saturated heterocycles. The normalized spacial score (nSPS) is 10.7. The van der Waals surface area contributed by atoms with Gasteiger partial charge in [-0.05, 0) is 31.4 Å². The topological polar surface area (TPSA) is 9.23 Å². The van der Waals surface area contributed by atoms with Crippen molar-refractivity contribution < 1.29 is 4.74 Å². The Bertz CT molecular complexity index is 289. The van der Waals surface area contributed by atoms with E-state index in [0.717, 1.165) is 25.2 Å². The zero-order valence-electron chi connectivity index (χ0n) is 8.99. The van der Waals surface area contributed by atoms with Crippen molar-refractivity contribution in [2.45, 2.75) is 26.7 Å². The highest BCUT2D eigenvalue weighted by Gasteiger charge is 1.95. The lowest BCUT2D eigenvalue weighted by atomic mass is 10.2. The van der Waals surface area contributed by atoms with Crippen LogP contribution < -0.4 is 4.74 Å². The summed E-state index contributed by atoms with van der Waals surface area (Å²) in [5.74, 6) is 0.998. The fourth-order valence-electron chi connectivity index (χ4n) is 1.24. The summed E-state index contributed by atoms with van der Waals surface area (Å²) in [5, 5.41) is 0.